The first-order valence-electron chi connectivity index (χ1n) is 4.62. The van der Waals surface area contributed by atoms with Crippen molar-refractivity contribution in [2.75, 3.05) is 0 Å². The van der Waals surface area contributed by atoms with Crippen LogP contribution in [0.25, 0.3) is 0 Å². The van der Waals surface area contributed by atoms with Crippen molar-refractivity contribution in [3.8, 4) is 11.8 Å². The van der Waals surface area contributed by atoms with Crippen molar-refractivity contribution in [2.24, 2.45) is 5.73 Å². The molecule has 2 bridgehead atoms. The van der Waals surface area contributed by atoms with Gasteiger partial charge in [0, 0.05) is 0 Å². The molecule has 2 atom stereocenters. The molecule has 0 saturated heterocycles. The molecule has 0 spiro atoms. The van der Waals surface area contributed by atoms with Crippen LogP contribution in [0.4, 0.5) is 0 Å². The number of hydrogen-bond acceptors (Lipinski definition) is 4. The Balaban J connectivity index is 2.18. The van der Waals surface area contributed by atoms with E-state index in [-0.39, 0.29) is 16.9 Å². The second-order valence-corrected chi connectivity index (χ2v) is 4.17. The topological polar surface area (TPSA) is 104 Å². The standard InChI is InChI=1S/C9H9N3O3S/c10-8(16)12-9-2-1-3(15-9)4-5(9)7(14)11-6(4)13/h1-3,11,13-14H,(H3,10,12,16). The highest BCUT2D eigenvalue weighted by Crippen LogP contribution is 2.55. The van der Waals surface area contributed by atoms with Crippen LogP contribution in [-0.2, 0) is 10.5 Å². The van der Waals surface area contributed by atoms with Gasteiger partial charge in [0.1, 0.15) is 6.10 Å². The summed E-state index contributed by atoms with van der Waals surface area (Å²) < 4.78 is 5.61. The van der Waals surface area contributed by atoms with E-state index in [1.54, 1.807) is 12.2 Å². The first-order valence-corrected chi connectivity index (χ1v) is 5.03. The molecule has 1 aromatic rings. The average Bonchev–Trinajstić information content (AvgIpc) is 2.77. The molecule has 6 nitrogen and oxygen atoms in total. The molecule has 7 heteroatoms. The van der Waals surface area contributed by atoms with E-state index in [0.717, 1.165) is 0 Å². The van der Waals surface area contributed by atoms with Gasteiger partial charge in [0.15, 0.2) is 22.6 Å². The molecule has 2 unspecified atom stereocenters. The molecule has 0 saturated carbocycles. The molecule has 3 rings (SSSR count). The number of hydrogen-bond donors (Lipinski definition) is 5. The second-order valence-electron chi connectivity index (χ2n) is 3.73. The van der Waals surface area contributed by atoms with E-state index in [9.17, 15) is 10.2 Å². The highest BCUT2D eigenvalue weighted by Gasteiger charge is 2.52. The van der Waals surface area contributed by atoms with Crippen molar-refractivity contribution in [3.05, 3.63) is 23.3 Å². The van der Waals surface area contributed by atoms with Gasteiger partial charge in [0.2, 0.25) is 0 Å². The zero-order valence-corrected chi connectivity index (χ0v) is 8.84. The van der Waals surface area contributed by atoms with Crippen molar-refractivity contribution < 1.29 is 14.9 Å². The lowest BCUT2D eigenvalue weighted by Crippen LogP contribution is -2.45. The highest BCUT2D eigenvalue weighted by molar-refractivity contribution is 7.80. The Labute approximate surface area is 95.7 Å². The number of H-pyrrole nitrogens is 1. The Morgan fingerprint density at radius 3 is 3.00 bits per heavy atom. The molecule has 2 aliphatic rings. The summed E-state index contributed by atoms with van der Waals surface area (Å²) in [4.78, 5) is 2.44. The fraction of sp³-hybridized carbons (Fsp3) is 0.222. The van der Waals surface area contributed by atoms with Gasteiger partial charge in [-0.3, -0.25) is 4.98 Å². The van der Waals surface area contributed by atoms with Crippen LogP contribution < -0.4 is 11.1 Å². The van der Waals surface area contributed by atoms with Crippen LogP contribution in [-0.4, -0.2) is 20.3 Å². The molecule has 0 aromatic carbocycles. The molecular weight excluding hydrogens is 230 g/mol. The van der Waals surface area contributed by atoms with E-state index in [1.165, 1.54) is 0 Å². The Hall–Kier alpha value is -1.73. The van der Waals surface area contributed by atoms with Gasteiger partial charge in [-0.1, -0.05) is 0 Å². The first-order chi connectivity index (χ1) is 7.53. The van der Waals surface area contributed by atoms with Crippen LogP contribution in [0.1, 0.15) is 17.2 Å². The lowest BCUT2D eigenvalue weighted by molar-refractivity contribution is -0.0156. The highest BCUT2D eigenvalue weighted by atomic mass is 32.1. The third-order valence-electron chi connectivity index (χ3n) is 2.78. The second kappa shape index (κ2) is 2.69. The molecule has 1 aromatic heterocycles. The van der Waals surface area contributed by atoms with Crippen LogP contribution in [0.5, 0.6) is 11.8 Å². The summed E-state index contributed by atoms with van der Waals surface area (Å²) in [6.45, 7) is 0. The van der Waals surface area contributed by atoms with Gasteiger partial charge >= 0.3 is 0 Å². The van der Waals surface area contributed by atoms with Crippen molar-refractivity contribution >= 4 is 17.3 Å². The van der Waals surface area contributed by atoms with Crippen LogP contribution in [0.15, 0.2) is 12.2 Å². The summed E-state index contributed by atoms with van der Waals surface area (Å²) in [5.74, 6) is -0.253. The Bertz CT molecular complexity index is 524. The SMILES string of the molecule is NC(=S)NC12C=CC(O1)c1c(O)[nH]c(O)c12. The van der Waals surface area contributed by atoms with Gasteiger partial charge in [-0.05, 0) is 24.4 Å². The van der Waals surface area contributed by atoms with Gasteiger partial charge in [-0.2, -0.15) is 0 Å². The zero-order valence-electron chi connectivity index (χ0n) is 8.02. The fourth-order valence-corrected chi connectivity index (χ4v) is 2.41. The van der Waals surface area contributed by atoms with Crippen molar-refractivity contribution in [3.63, 3.8) is 0 Å². The molecule has 6 N–H and O–H groups in total. The van der Waals surface area contributed by atoms with Gasteiger partial charge in [-0.25, -0.2) is 0 Å². The number of thiocarbonyl (C=S) groups is 1. The molecule has 0 fully saturated rings. The molecule has 3 heterocycles. The molecule has 16 heavy (non-hydrogen) atoms. The maximum atomic E-state index is 9.70. The monoisotopic (exact) mass is 239 g/mol. The number of rotatable bonds is 1. The number of aromatic hydroxyl groups is 2. The minimum Gasteiger partial charge on any atom is -0.494 e. The molecule has 84 valence electrons. The predicted octanol–water partition coefficient (Wildman–Crippen LogP) is 0.0530. The van der Waals surface area contributed by atoms with E-state index >= 15 is 0 Å². The molecule has 0 amide bonds. The summed E-state index contributed by atoms with van der Waals surface area (Å²) in [7, 11) is 0. The smallest absolute Gasteiger partial charge is 0.200 e. The van der Waals surface area contributed by atoms with Gasteiger partial charge in [-0.15, -0.1) is 0 Å². The van der Waals surface area contributed by atoms with Crippen LogP contribution in [0.2, 0.25) is 0 Å². The van der Waals surface area contributed by atoms with Crippen molar-refractivity contribution in [1.29, 1.82) is 0 Å². The van der Waals surface area contributed by atoms with Crippen molar-refractivity contribution in [2.45, 2.75) is 11.8 Å². The Kier molecular flexibility index (Phi) is 1.59. The number of nitrogens with one attached hydrogen (secondary N) is 2. The minimum atomic E-state index is -1.06. The molecule has 0 aliphatic carbocycles. The average molecular weight is 239 g/mol. The van der Waals surface area contributed by atoms with Gasteiger partial charge in [0.25, 0.3) is 0 Å². The van der Waals surface area contributed by atoms with Crippen LogP contribution in [0, 0.1) is 0 Å². The molecule has 0 radical (unpaired) electrons. The maximum Gasteiger partial charge on any atom is 0.200 e. The summed E-state index contributed by atoms with van der Waals surface area (Å²) in [6.07, 6.45) is 3.08. The van der Waals surface area contributed by atoms with Crippen LogP contribution >= 0.6 is 12.2 Å². The van der Waals surface area contributed by atoms with Crippen molar-refractivity contribution in [1.82, 2.24) is 10.3 Å². The van der Waals surface area contributed by atoms with Crippen LogP contribution in [0.3, 0.4) is 0 Å². The Morgan fingerprint density at radius 2 is 2.31 bits per heavy atom. The van der Waals surface area contributed by atoms with E-state index in [1.807, 2.05) is 0 Å². The minimum absolute atomic E-state index is 0.0539. The summed E-state index contributed by atoms with van der Waals surface area (Å²) in [6, 6.07) is 0. The summed E-state index contributed by atoms with van der Waals surface area (Å²) >= 11 is 4.77. The fourth-order valence-electron chi connectivity index (χ4n) is 2.26. The number of aromatic nitrogens is 1. The normalized spacial score (nSPS) is 29.4. The van der Waals surface area contributed by atoms with E-state index in [2.05, 4.69) is 10.3 Å². The number of ether oxygens (including phenoxy) is 1. The largest absolute Gasteiger partial charge is 0.494 e. The number of aromatic amines is 1. The lowest BCUT2D eigenvalue weighted by Gasteiger charge is -2.24. The molecular formula is C9H9N3O3S. The maximum absolute atomic E-state index is 9.70. The lowest BCUT2D eigenvalue weighted by atomic mass is 9.96. The predicted molar refractivity (Wildman–Crippen MR) is 58.7 cm³/mol. The molecule has 2 aliphatic heterocycles. The van der Waals surface area contributed by atoms with E-state index in [0.29, 0.717) is 11.1 Å². The first kappa shape index (κ1) is 9.49. The van der Waals surface area contributed by atoms with Gasteiger partial charge < -0.3 is 26.0 Å². The third kappa shape index (κ3) is 0.961. The number of nitrogens with two attached hydrogens (primary N) is 1. The summed E-state index contributed by atoms with van der Waals surface area (Å²) in [5.41, 5.74) is 5.31. The van der Waals surface area contributed by atoms with E-state index in [4.69, 9.17) is 22.7 Å². The van der Waals surface area contributed by atoms with E-state index < -0.39 is 11.8 Å². The quantitative estimate of drug-likeness (QED) is 0.350. The summed E-state index contributed by atoms with van der Waals surface area (Å²) in [5, 5.41) is 22.1. The third-order valence-corrected chi connectivity index (χ3v) is 2.88. The Morgan fingerprint density at radius 1 is 1.56 bits per heavy atom. The van der Waals surface area contributed by atoms with Gasteiger partial charge in [0.05, 0.1) is 11.1 Å². The number of fused-ring (bicyclic) bond motifs is 5. The zero-order chi connectivity index (χ0) is 11.5.